The van der Waals surface area contributed by atoms with Gasteiger partial charge in [0.2, 0.25) is 16.0 Å². The van der Waals surface area contributed by atoms with Gasteiger partial charge in [0.1, 0.15) is 47.3 Å². The number of nitrogens with one attached hydrogen (secondary N) is 3. The number of carbonyl (C=O) groups excluding carboxylic acids is 1. The number of nitrogens with zero attached hydrogens (tertiary/aromatic N) is 4. The van der Waals surface area contributed by atoms with Gasteiger partial charge in [0.05, 0.1) is 24.8 Å². The first kappa shape index (κ1) is 37.7. The second kappa shape index (κ2) is 14.1. The van der Waals surface area contributed by atoms with Gasteiger partial charge in [0.15, 0.2) is 23.2 Å². The number of imidazole rings is 1. The van der Waals surface area contributed by atoms with Gasteiger partial charge in [-0.1, -0.05) is 17.7 Å². The number of aliphatic hydroxyl groups excluding tert-OH is 1. The molecule has 0 amide bonds. The lowest BCUT2D eigenvalue weighted by molar-refractivity contribution is -0.148. The molecule has 52 heavy (non-hydrogen) atoms. The highest BCUT2D eigenvalue weighted by Crippen LogP contribution is 2.53. The number of hydrogen-bond donors (Lipinski definition) is 6. The van der Waals surface area contributed by atoms with Crippen LogP contribution >= 0.6 is 19.3 Å². The van der Waals surface area contributed by atoms with Crippen molar-refractivity contribution >= 4 is 58.3 Å². The first-order valence-electron chi connectivity index (χ1n) is 15.3. The number of carbonyl (C=O) groups is 1. The van der Waals surface area contributed by atoms with Crippen molar-refractivity contribution in [3.8, 4) is 5.75 Å². The Labute approximate surface area is 299 Å². The summed E-state index contributed by atoms with van der Waals surface area (Å²) < 4.78 is 89.6. The highest BCUT2D eigenvalue weighted by Gasteiger charge is 2.58. The minimum absolute atomic E-state index is 0.00697. The maximum atomic E-state index is 14.3. The third-order valence-electron chi connectivity index (χ3n) is 8.15. The SMILES string of the molecule is C[C@@]1(O)[C@H](O)C(COP(=O)(NC2(C(=O)OCc3c(F)cccc3F)CC2)Oc2ccc(Cl)cc2)O[C@H]1n1cnc2c(NNS(C)(=O)=O)nc(N)nc21. The van der Waals surface area contributed by atoms with E-state index in [1.807, 2.05) is 4.83 Å². The fraction of sp³-hybridized carbons (Fsp3) is 0.379. The smallest absolute Gasteiger partial charge is 0.459 e. The molecule has 2 aromatic heterocycles. The van der Waals surface area contributed by atoms with Gasteiger partial charge in [0.25, 0.3) is 0 Å². The van der Waals surface area contributed by atoms with Gasteiger partial charge < -0.3 is 29.9 Å². The lowest BCUT2D eigenvalue weighted by atomic mass is 9.96. The molecule has 23 heteroatoms. The zero-order valence-electron chi connectivity index (χ0n) is 27.2. The molecule has 2 aliphatic rings. The molecule has 1 saturated heterocycles. The number of aliphatic hydroxyl groups is 2. The number of nitrogen functional groups attached to an aromatic ring is 1. The van der Waals surface area contributed by atoms with Crippen LogP contribution in [-0.2, 0) is 40.0 Å². The first-order chi connectivity index (χ1) is 24.4. The Balaban J connectivity index is 1.22. The average Bonchev–Trinajstić information content (AvgIpc) is 3.66. The van der Waals surface area contributed by atoms with Gasteiger partial charge in [-0.05, 0) is 56.2 Å². The number of anilines is 2. The minimum atomic E-state index is -4.59. The molecule has 6 rings (SSSR count). The van der Waals surface area contributed by atoms with E-state index in [0.29, 0.717) is 5.02 Å². The van der Waals surface area contributed by atoms with Crippen LogP contribution < -0.4 is 25.6 Å². The fourth-order valence-electron chi connectivity index (χ4n) is 5.29. The number of halogens is 3. The normalized spacial score (nSPS) is 23.6. The number of benzene rings is 2. The number of esters is 1. The van der Waals surface area contributed by atoms with Gasteiger partial charge in [-0.2, -0.15) is 15.1 Å². The van der Waals surface area contributed by atoms with Gasteiger partial charge >= 0.3 is 13.7 Å². The molecule has 3 heterocycles. The number of rotatable bonds is 14. The van der Waals surface area contributed by atoms with E-state index in [4.69, 9.17) is 35.9 Å². The van der Waals surface area contributed by atoms with E-state index in [1.165, 1.54) is 42.1 Å². The fourth-order valence-corrected chi connectivity index (χ4v) is 7.45. The van der Waals surface area contributed by atoms with Crippen LogP contribution in [0, 0.1) is 11.6 Å². The molecule has 2 unspecified atom stereocenters. The molecule has 0 bridgehead atoms. The lowest BCUT2D eigenvalue weighted by Crippen LogP contribution is -2.45. The Morgan fingerprint density at radius 1 is 1.19 bits per heavy atom. The number of ether oxygens (including phenoxy) is 2. The molecule has 7 N–H and O–H groups in total. The van der Waals surface area contributed by atoms with Crippen molar-refractivity contribution < 1.29 is 55.3 Å². The van der Waals surface area contributed by atoms with E-state index in [1.54, 1.807) is 0 Å². The molecule has 5 atom stereocenters. The maximum Gasteiger partial charge on any atom is 0.459 e. The number of sulfonamides is 1. The number of fused-ring (bicyclic) bond motifs is 1. The van der Waals surface area contributed by atoms with Crippen LogP contribution in [0.1, 0.15) is 31.6 Å². The van der Waals surface area contributed by atoms with Crippen LogP contribution in [0.2, 0.25) is 5.02 Å². The lowest BCUT2D eigenvalue weighted by Gasteiger charge is -2.27. The van der Waals surface area contributed by atoms with E-state index in [2.05, 4.69) is 25.5 Å². The summed E-state index contributed by atoms with van der Waals surface area (Å²) >= 11 is 5.98. The van der Waals surface area contributed by atoms with E-state index in [-0.39, 0.29) is 41.5 Å². The van der Waals surface area contributed by atoms with Crippen LogP contribution in [0.4, 0.5) is 20.5 Å². The standard InChI is InChI=1S/C29H32ClF2N8O10PS/c1-28(43)22(41)20(49-25(28)40-14-34-21-23(37-39-52(2,45)46)35-27(33)36-24(21)40)13-48-51(44,50-16-8-6-15(30)7-9-16)38-29(10-11-29)26(42)47-12-17-18(31)4-3-5-19(17)32/h3-9,14,20,22,25,39,41,43H,10-13H2,1-2H3,(H,38,44)(H3,33,35,36,37)/t20?,22-,25-,28-,51?/m1/s1. The highest BCUT2D eigenvalue weighted by atomic mass is 35.5. The second-order valence-corrected chi connectivity index (χ2v) is 16.1. The van der Waals surface area contributed by atoms with Crippen molar-refractivity contribution in [2.45, 2.75) is 55.9 Å². The van der Waals surface area contributed by atoms with Crippen LogP contribution in [0.15, 0.2) is 48.8 Å². The largest absolute Gasteiger partial charge is 0.459 e. The summed E-state index contributed by atoms with van der Waals surface area (Å²) in [7, 11) is -8.32. The second-order valence-electron chi connectivity index (χ2n) is 12.3. The van der Waals surface area contributed by atoms with Crippen LogP contribution in [-0.4, -0.2) is 80.3 Å². The third-order valence-corrected chi connectivity index (χ3v) is 10.5. The monoisotopic (exact) mass is 788 g/mol. The number of hydrogen-bond acceptors (Lipinski definition) is 15. The molecule has 18 nitrogen and oxygen atoms in total. The zero-order valence-corrected chi connectivity index (χ0v) is 29.7. The molecular weight excluding hydrogens is 757 g/mol. The summed E-state index contributed by atoms with van der Waals surface area (Å²) in [5, 5.41) is 25.5. The summed E-state index contributed by atoms with van der Waals surface area (Å²) in [6, 6.07) is 8.83. The summed E-state index contributed by atoms with van der Waals surface area (Å²) in [4.78, 5) is 27.5. The predicted octanol–water partition coefficient (Wildman–Crippen LogP) is 2.29. The van der Waals surface area contributed by atoms with Crippen molar-refractivity contribution in [1.82, 2.24) is 29.4 Å². The number of aromatic nitrogens is 4. The van der Waals surface area contributed by atoms with Crippen molar-refractivity contribution in [3.05, 3.63) is 71.0 Å². The summed E-state index contributed by atoms with van der Waals surface area (Å²) in [5.74, 6) is -3.24. The van der Waals surface area contributed by atoms with Crippen LogP contribution in [0.3, 0.4) is 0 Å². The molecule has 1 aliphatic carbocycles. The molecule has 2 fully saturated rings. The van der Waals surface area contributed by atoms with E-state index >= 15 is 0 Å². The Kier molecular flexibility index (Phi) is 10.2. The zero-order chi connectivity index (χ0) is 37.6. The third kappa shape index (κ3) is 7.97. The van der Waals surface area contributed by atoms with E-state index < -0.39 is 83.7 Å². The summed E-state index contributed by atoms with van der Waals surface area (Å²) in [6.45, 7) is -0.182. The first-order valence-corrected chi connectivity index (χ1v) is 19.1. The summed E-state index contributed by atoms with van der Waals surface area (Å²) in [6.07, 6.45) is -2.23. The molecule has 2 aromatic carbocycles. The Morgan fingerprint density at radius 3 is 2.50 bits per heavy atom. The number of nitrogens with two attached hydrogens (primary N) is 1. The van der Waals surface area contributed by atoms with E-state index in [9.17, 15) is 36.8 Å². The van der Waals surface area contributed by atoms with Crippen molar-refractivity contribution in [2.24, 2.45) is 0 Å². The molecule has 0 spiro atoms. The quantitative estimate of drug-likeness (QED) is 0.0609. The molecule has 1 aliphatic heterocycles. The van der Waals surface area contributed by atoms with E-state index in [0.717, 1.165) is 24.5 Å². The maximum absolute atomic E-state index is 14.3. The molecule has 280 valence electrons. The van der Waals surface area contributed by atoms with Crippen molar-refractivity contribution in [1.29, 1.82) is 0 Å². The predicted molar refractivity (Wildman–Crippen MR) is 179 cm³/mol. The van der Waals surface area contributed by atoms with Gasteiger partial charge in [-0.25, -0.2) is 26.7 Å². The topological polar surface area (TPSA) is 251 Å². The highest BCUT2D eigenvalue weighted by molar-refractivity contribution is 7.88. The van der Waals surface area contributed by atoms with Crippen molar-refractivity contribution in [3.63, 3.8) is 0 Å². The minimum Gasteiger partial charge on any atom is -0.459 e. The van der Waals surface area contributed by atoms with Crippen LogP contribution in [0.25, 0.3) is 11.2 Å². The van der Waals surface area contributed by atoms with Gasteiger partial charge in [0, 0.05) is 5.02 Å². The molecule has 4 aromatic rings. The summed E-state index contributed by atoms with van der Waals surface area (Å²) in [5.41, 5.74) is 4.04. The average molecular weight is 789 g/mol. The Morgan fingerprint density at radius 2 is 1.87 bits per heavy atom. The molecular formula is C29H32ClF2N8O10PS. The molecule has 1 saturated carbocycles. The van der Waals surface area contributed by atoms with Gasteiger partial charge in [-0.3, -0.25) is 19.3 Å². The molecule has 0 radical (unpaired) electrons. The Bertz CT molecular complexity index is 2140. The Hall–Kier alpha value is -4.05. The van der Waals surface area contributed by atoms with Gasteiger partial charge in [-0.15, -0.1) is 4.83 Å². The number of hydrazine groups is 1. The van der Waals surface area contributed by atoms with Crippen molar-refractivity contribution in [2.75, 3.05) is 24.0 Å². The van der Waals surface area contributed by atoms with Crippen LogP contribution in [0.5, 0.6) is 5.75 Å².